The minimum Gasteiger partial charge on any atom is -0.465 e. The molecule has 0 spiro atoms. The third kappa shape index (κ3) is 4.20. The molecule has 0 bridgehead atoms. The van der Waals surface area contributed by atoms with E-state index in [0.717, 1.165) is 8.87 Å². The van der Waals surface area contributed by atoms with Crippen LogP contribution in [0, 0.1) is 0 Å². The summed E-state index contributed by atoms with van der Waals surface area (Å²) in [5.41, 5.74) is 1.80. The molecule has 8 nitrogen and oxygen atoms in total. The van der Waals surface area contributed by atoms with Gasteiger partial charge in [0.25, 0.3) is 15.9 Å². The van der Waals surface area contributed by atoms with Gasteiger partial charge in [0.1, 0.15) is 0 Å². The van der Waals surface area contributed by atoms with E-state index in [0.29, 0.717) is 16.8 Å². The van der Waals surface area contributed by atoms with E-state index in [2.05, 4.69) is 5.32 Å². The summed E-state index contributed by atoms with van der Waals surface area (Å²) in [6.07, 6.45) is 0.286. The number of amides is 2. The first-order valence-corrected chi connectivity index (χ1v) is 10.5. The number of nitrogens with one attached hydrogen (secondary N) is 1. The van der Waals surface area contributed by atoms with E-state index in [1.165, 1.54) is 44.6 Å². The average Bonchev–Trinajstić information content (AvgIpc) is 3.18. The number of aromatic nitrogens is 1. The van der Waals surface area contributed by atoms with Gasteiger partial charge in [-0.2, -0.15) is 0 Å². The van der Waals surface area contributed by atoms with Crippen LogP contribution in [0.3, 0.4) is 0 Å². The zero-order valence-corrected chi connectivity index (χ0v) is 17.3. The number of nitrogens with zero attached hydrogens (tertiary/aromatic N) is 2. The maximum atomic E-state index is 13.4. The SMILES string of the molecule is CNC(=O)c1cccc(S(=O)(=O)n2cc(CN(C)C(=O)O)cc2-c2ccccc2)c1. The molecule has 156 valence electrons. The molecule has 3 rings (SSSR count). The third-order valence-electron chi connectivity index (χ3n) is 4.54. The van der Waals surface area contributed by atoms with Crippen LogP contribution in [0.25, 0.3) is 11.3 Å². The van der Waals surface area contributed by atoms with Crippen LogP contribution in [-0.2, 0) is 16.6 Å². The normalized spacial score (nSPS) is 11.1. The van der Waals surface area contributed by atoms with Crippen molar-refractivity contribution in [2.24, 2.45) is 0 Å². The van der Waals surface area contributed by atoms with E-state index in [4.69, 9.17) is 5.11 Å². The largest absolute Gasteiger partial charge is 0.465 e. The molecule has 0 saturated heterocycles. The highest BCUT2D eigenvalue weighted by Crippen LogP contribution is 2.28. The number of carboxylic acid groups (broad SMARTS) is 1. The standard InChI is InChI=1S/C21H21N3O5S/c1-22-20(25)17-9-6-10-18(12-17)30(28,29)24-14-15(13-23(2)21(26)27)11-19(24)16-7-4-3-5-8-16/h3-12,14H,13H2,1-2H3,(H,22,25)(H,26,27). The predicted molar refractivity (Wildman–Crippen MR) is 112 cm³/mol. The third-order valence-corrected chi connectivity index (χ3v) is 6.21. The van der Waals surface area contributed by atoms with Gasteiger partial charge in [-0.25, -0.2) is 17.2 Å². The number of hydrogen-bond donors (Lipinski definition) is 2. The summed E-state index contributed by atoms with van der Waals surface area (Å²) in [4.78, 5) is 24.1. The zero-order chi connectivity index (χ0) is 21.9. The molecule has 0 fully saturated rings. The summed E-state index contributed by atoms with van der Waals surface area (Å²) in [5, 5.41) is 11.6. The maximum Gasteiger partial charge on any atom is 0.407 e. The van der Waals surface area contributed by atoms with Crippen molar-refractivity contribution in [3.05, 3.63) is 78.0 Å². The number of hydrogen-bond acceptors (Lipinski definition) is 4. The summed E-state index contributed by atoms with van der Waals surface area (Å²) in [5.74, 6) is -0.397. The Bertz CT molecular complexity index is 1190. The molecule has 2 amide bonds. The van der Waals surface area contributed by atoms with E-state index in [-0.39, 0.29) is 17.0 Å². The van der Waals surface area contributed by atoms with Gasteiger partial charge in [-0.1, -0.05) is 36.4 Å². The van der Waals surface area contributed by atoms with Crippen LogP contribution in [0.5, 0.6) is 0 Å². The van der Waals surface area contributed by atoms with Gasteiger partial charge in [-0.3, -0.25) is 4.79 Å². The van der Waals surface area contributed by atoms with Crippen molar-refractivity contribution < 1.29 is 23.1 Å². The quantitative estimate of drug-likeness (QED) is 0.629. The monoisotopic (exact) mass is 427 g/mol. The Morgan fingerprint density at radius 1 is 1.07 bits per heavy atom. The van der Waals surface area contributed by atoms with Gasteiger partial charge >= 0.3 is 6.09 Å². The van der Waals surface area contributed by atoms with Gasteiger partial charge in [-0.05, 0) is 35.4 Å². The second-order valence-electron chi connectivity index (χ2n) is 6.65. The first-order chi connectivity index (χ1) is 14.2. The second-order valence-corrected chi connectivity index (χ2v) is 8.46. The molecule has 0 aliphatic carbocycles. The van der Waals surface area contributed by atoms with Crippen molar-refractivity contribution in [3.63, 3.8) is 0 Å². The lowest BCUT2D eigenvalue weighted by Crippen LogP contribution is -2.23. The Labute approximate surface area is 174 Å². The molecule has 0 unspecified atom stereocenters. The zero-order valence-electron chi connectivity index (χ0n) is 16.4. The van der Waals surface area contributed by atoms with Crippen molar-refractivity contribution >= 4 is 22.0 Å². The molecule has 9 heteroatoms. The molecule has 1 heterocycles. The lowest BCUT2D eigenvalue weighted by atomic mass is 10.1. The molecule has 0 atom stereocenters. The molecular weight excluding hydrogens is 406 g/mol. The Kier molecular flexibility index (Phi) is 5.93. The van der Waals surface area contributed by atoms with Gasteiger partial charge in [0, 0.05) is 25.9 Å². The highest BCUT2D eigenvalue weighted by molar-refractivity contribution is 7.90. The smallest absolute Gasteiger partial charge is 0.407 e. The second kappa shape index (κ2) is 8.42. The van der Waals surface area contributed by atoms with Crippen LogP contribution < -0.4 is 5.32 Å². The van der Waals surface area contributed by atoms with E-state index >= 15 is 0 Å². The molecule has 2 N–H and O–H groups in total. The van der Waals surface area contributed by atoms with Crippen LogP contribution in [0.4, 0.5) is 4.79 Å². The Hall–Kier alpha value is -3.59. The van der Waals surface area contributed by atoms with Crippen LogP contribution in [0.15, 0.2) is 71.8 Å². The number of benzene rings is 2. The van der Waals surface area contributed by atoms with Crippen LogP contribution in [0.1, 0.15) is 15.9 Å². The highest BCUT2D eigenvalue weighted by Gasteiger charge is 2.23. The van der Waals surface area contributed by atoms with Crippen LogP contribution in [0.2, 0.25) is 0 Å². The fraction of sp³-hybridized carbons (Fsp3) is 0.143. The van der Waals surface area contributed by atoms with Gasteiger partial charge in [0.05, 0.1) is 17.1 Å². The summed E-state index contributed by atoms with van der Waals surface area (Å²) >= 11 is 0. The van der Waals surface area contributed by atoms with Gasteiger partial charge < -0.3 is 15.3 Å². The average molecular weight is 427 g/mol. The highest BCUT2D eigenvalue weighted by atomic mass is 32.2. The Balaban J connectivity index is 2.14. The van der Waals surface area contributed by atoms with Gasteiger partial charge in [0.15, 0.2) is 0 Å². The van der Waals surface area contributed by atoms with Crippen LogP contribution >= 0.6 is 0 Å². The molecular formula is C21H21N3O5S. The minimum absolute atomic E-state index is 0.0238. The predicted octanol–water partition coefficient (Wildman–Crippen LogP) is 2.86. The fourth-order valence-electron chi connectivity index (χ4n) is 3.00. The molecule has 30 heavy (non-hydrogen) atoms. The Morgan fingerprint density at radius 3 is 2.40 bits per heavy atom. The number of rotatable bonds is 6. The lowest BCUT2D eigenvalue weighted by Gasteiger charge is -2.12. The van der Waals surface area contributed by atoms with E-state index in [1.807, 2.05) is 6.07 Å². The van der Waals surface area contributed by atoms with Crippen molar-refractivity contribution in [2.75, 3.05) is 14.1 Å². The summed E-state index contributed by atoms with van der Waals surface area (Å²) in [6.45, 7) is 0.0238. The first-order valence-electron chi connectivity index (χ1n) is 9.02. The van der Waals surface area contributed by atoms with Crippen molar-refractivity contribution in [1.29, 1.82) is 0 Å². The number of carbonyl (C=O) groups excluding carboxylic acids is 1. The van der Waals surface area contributed by atoms with E-state index < -0.39 is 22.0 Å². The number of carbonyl (C=O) groups is 2. The molecule has 0 radical (unpaired) electrons. The fourth-order valence-corrected chi connectivity index (χ4v) is 4.44. The van der Waals surface area contributed by atoms with E-state index in [1.54, 1.807) is 30.3 Å². The van der Waals surface area contributed by atoms with Gasteiger partial charge in [-0.15, -0.1) is 0 Å². The molecule has 2 aromatic carbocycles. The Morgan fingerprint density at radius 2 is 1.77 bits per heavy atom. The minimum atomic E-state index is -4.05. The topological polar surface area (TPSA) is 109 Å². The van der Waals surface area contributed by atoms with Crippen molar-refractivity contribution in [1.82, 2.24) is 14.2 Å². The van der Waals surface area contributed by atoms with E-state index in [9.17, 15) is 18.0 Å². The maximum absolute atomic E-state index is 13.4. The summed E-state index contributed by atoms with van der Waals surface area (Å²) in [7, 11) is -1.17. The lowest BCUT2D eigenvalue weighted by molar-refractivity contribution is 0.0962. The summed E-state index contributed by atoms with van der Waals surface area (Å²) in [6, 6.07) is 16.3. The van der Waals surface area contributed by atoms with Crippen LogP contribution in [-0.4, -0.2) is 48.5 Å². The summed E-state index contributed by atoms with van der Waals surface area (Å²) < 4.78 is 28.0. The molecule has 0 saturated carbocycles. The first kappa shape index (κ1) is 21.1. The van der Waals surface area contributed by atoms with Crippen molar-refractivity contribution in [3.8, 4) is 11.3 Å². The molecule has 0 aliphatic heterocycles. The van der Waals surface area contributed by atoms with Gasteiger partial charge in [0.2, 0.25) is 0 Å². The van der Waals surface area contributed by atoms with Crippen molar-refractivity contribution in [2.45, 2.75) is 11.4 Å². The molecule has 3 aromatic rings. The molecule has 1 aromatic heterocycles. The molecule has 0 aliphatic rings.